The summed E-state index contributed by atoms with van der Waals surface area (Å²) in [4.78, 5) is 4.20. The highest BCUT2D eigenvalue weighted by Crippen LogP contribution is 2.26. The van der Waals surface area contributed by atoms with Crippen molar-refractivity contribution in [2.75, 3.05) is 6.26 Å². The standard InChI is InChI=1S/C9H17N3O2S/c1-6(2)7-10-8(12-11-7)9(3,4)15(5,13)14/h6H,1-5H3,(H,10,11,12). The molecule has 0 spiro atoms. The van der Waals surface area contributed by atoms with Crippen LogP contribution in [0.25, 0.3) is 0 Å². The average Bonchev–Trinajstić information content (AvgIpc) is 2.49. The number of sulfone groups is 1. The summed E-state index contributed by atoms with van der Waals surface area (Å²) in [6.07, 6.45) is 1.19. The molecule has 6 heteroatoms. The molecule has 0 bridgehead atoms. The molecule has 86 valence electrons. The van der Waals surface area contributed by atoms with Crippen molar-refractivity contribution in [1.82, 2.24) is 15.2 Å². The number of rotatable bonds is 3. The van der Waals surface area contributed by atoms with Crippen molar-refractivity contribution < 1.29 is 8.42 Å². The first-order chi connectivity index (χ1) is 6.66. The highest BCUT2D eigenvalue weighted by atomic mass is 32.2. The lowest BCUT2D eigenvalue weighted by atomic mass is 10.2. The average molecular weight is 231 g/mol. The monoisotopic (exact) mass is 231 g/mol. The Morgan fingerprint density at radius 3 is 2.20 bits per heavy atom. The van der Waals surface area contributed by atoms with Gasteiger partial charge in [-0.05, 0) is 13.8 Å². The minimum absolute atomic E-state index is 0.210. The van der Waals surface area contributed by atoms with Crippen LogP contribution in [0.1, 0.15) is 45.3 Å². The first kappa shape index (κ1) is 12.2. The van der Waals surface area contributed by atoms with E-state index in [-0.39, 0.29) is 5.92 Å². The third-order valence-corrected chi connectivity index (χ3v) is 4.55. The molecule has 5 nitrogen and oxygen atoms in total. The summed E-state index contributed by atoms with van der Waals surface area (Å²) in [6.45, 7) is 7.15. The van der Waals surface area contributed by atoms with Gasteiger partial charge < -0.3 is 0 Å². The Labute approximate surface area is 90.2 Å². The minimum Gasteiger partial charge on any atom is -0.263 e. The van der Waals surface area contributed by atoms with Gasteiger partial charge in [-0.3, -0.25) is 5.10 Å². The number of nitrogens with zero attached hydrogens (tertiary/aromatic N) is 2. The zero-order valence-electron chi connectivity index (χ0n) is 9.70. The second kappa shape index (κ2) is 3.59. The van der Waals surface area contributed by atoms with Crippen molar-refractivity contribution in [3.8, 4) is 0 Å². The Morgan fingerprint density at radius 1 is 1.33 bits per heavy atom. The molecule has 0 radical (unpaired) electrons. The van der Waals surface area contributed by atoms with E-state index in [1.807, 2.05) is 13.8 Å². The number of hydrogen-bond acceptors (Lipinski definition) is 4. The summed E-state index contributed by atoms with van der Waals surface area (Å²) in [5, 5.41) is 6.72. The Bertz CT molecular complexity index is 446. The quantitative estimate of drug-likeness (QED) is 0.848. The van der Waals surface area contributed by atoms with Crippen LogP contribution >= 0.6 is 0 Å². The smallest absolute Gasteiger partial charge is 0.171 e. The lowest BCUT2D eigenvalue weighted by Gasteiger charge is -2.17. The van der Waals surface area contributed by atoms with Crippen LogP contribution in [-0.4, -0.2) is 29.9 Å². The zero-order chi connectivity index (χ0) is 11.9. The van der Waals surface area contributed by atoms with E-state index in [9.17, 15) is 8.42 Å². The molecule has 0 saturated carbocycles. The highest BCUT2D eigenvalue weighted by molar-refractivity contribution is 7.91. The Kier molecular flexibility index (Phi) is 2.91. The Balaban J connectivity index is 3.17. The molecule has 1 heterocycles. The van der Waals surface area contributed by atoms with Crippen LogP contribution in [0.5, 0.6) is 0 Å². The molecule has 0 amide bonds. The number of nitrogens with one attached hydrogen (secondary N) is 1. The van der Waals surface area contributed by atoms with Gasteiger partial charge in [0, 0.05) is 12.2 Å². The van der Waals surface area contributed by atoms with E-state index in [4.69, 9.17) is 0 Å². The molecular weight excluding hydrogens is 214 g/mol. The van der Waals surface area contributed by atoms with E-state index in [0.717, 1.165) is 0 Å². The van der Waals surface area contributed by atoms with Crippen molar-refractivity contribution in [3.63, 3.8) is 0 Å². The molecule has 0 saturated heterocycles. The molecule has 0 atom stereocenters. The van der Waals surface area contributed by atoms with Gasteiger partial charge in [-0.2, -0.15) is 5.10 Å². The molecule has 0 aliphatic rings. The lowest BCUT2D eigenvalue weighted by molar-refractivity contribution is 0.550. The van der Waals surface area contributed by atoms with E-state index < -0.39 is 14.6 Å². The van der Waals surface area contributed by atoms with Gasteiger partial charge in [0.15, 0.2) is 15.7 Å². The largest absolute Gasteiger partial charge is 0.263 e. The minimum atomic E-state index is -3.21. The molecular formula is C9H17N3O2S. The van der Waals surface area contributed by atoms with Gasteiger partial charge in [-0.25, -0.2) is 13.4 Å². The fourth-order valence-electron chi connectivity index (χ4n) is 0.968. The Hall–Kier alpha value is -0.910. The van der Waals surface area contributed by atoms with Crippen molar-refractivity contribution in [3.05, 3.63) is 11.6 Å². The molecule has 1 aromatic rings. The number of aromatic amines is 1. The van der Waals surface area contributed by atoms with Crippen LogP contribution in [-0.2, 0) is 14.6 Å². The van der Waals surface area contributed by atoms with Gasteiger partial charge in [0.2, 0.25) is 0 Å². The molecule has 0 aliphatic heterocycles. The first-order valence-electron chi connectivity index (χ1n) is 4.78. The molecule has 1 aromatic heterocycles. The molecule has 15 heavy (non-hydrogen) atoms. The molecule has 0 fully saturated rings. The van der Waals surface area contributed by atoms with Gasteiger partial charge >= 0.3 is 0 Å². The van der Waals surface area contributed by atoms with E-state index in [2.05, 4.69) is 15.2 Å². The third kappa shape index (κ3) is 2.19. The summed E-state index contributed by atoms with van der Waals surface area (Å²) < 4.78 is 22.0. The van der Waals surface area contributed by atoms with Gasteiger partial charge in [-0.15, -0.1) is 0 Å². The van der Waals surface area contributed by atoms with E-state index in [0.29, 0.717) is 11.6 Å². The summed E-state index contributed by atoms with van der Waals surface area (Å²) in [6, 6.07) is 0. The fourth-order valence-corrected chi connectivity index (χ4v) is 1.39. The van der Waals surface area contributed by atoms with Crippen molar-refractivity contribution >= 4 is 9.84 Å². The van der Waals surface area contributed by atoms with Crippen LogP contribution in [0.2, 0.25) is 0 Å². The summed E-state index contributed by atoms with van der Waals surface area (Å²) >= 11 is 0. The second-order valence-electron chi connectivity index (χ2n) is 4.48. The van der Waals surface area contributed by atoms with Gasteiger partial charge in [0.05, 0.1) is 0 Å². The first-order valence-corrected chi connectivity index (χ1v) is 6.67. The Morgan fingerprint density at radius 2 is 1.87 bits per heavy atom. The van der Waals surface area contributed by atoms with Crippen molar-refractivity contribution in [2.45, 2.75) is 38.4 Å². The maximum atomic E-state index is 11.5. The van der Waals surface area contributed by atoms with Crippen LogP contribution in [0.3, 0.4) is 0 Å². The van der Waals surface area contributed by atoms with E-state index >= 15 is 0 Å². The fraction of sp³-hybridized carbons (Fsp3) is 0.778. The highest BCUT2D eigenvalue weighted by Gasteiger charge is 2.36. The lowest BCUT2D eigenvalue weighted by Crippen LogP contribution is -2.29. The van der Waals surface area contributed by atoms with Crippen LogP contribution in [0.4, 0.5) is 0 Å². The predicted octanol–water partition coefficient (Wildman–Crippen LogP) is 1.21. The second-order valence-corrected chi connectivity index (χ2v) is 7.05. The SMILES string of the molecule is CC(C)c1nc(C(C)(C)S(C)(=O)=O)n[nH]1. The van der Waals surface area contributed by atoms with E-state index in [1.165, 1.54) is 6.26 Å². The molecule has 0 unspecified atom stereocenters. The molecule has 1 N–H and O–H groups in total. The van der Waals surface area contributed by atoms with Gasteiger partial charge in [0.25, 0.3) is 0 Å². The summed E-state index contributed by atoms with van der Waals surface area (Å²) in [7, 11) is -3.21. The van der Waals surface area contributed by atoms with Crippen LogP contribution in [0, 0.1) is 0 Å². The maximum Gasteiger partial charge on any atom is 0.171 e. The topological polar surface area (TPSA) is 75.7 Å². The summed E-state index contributed by atoms with van der Waals surface area (Å²) in [5.74, 6) is 1.25. The predicted molar refractivity (Wildman–Crippen MR) is 58.3 cm³/mol. The van der Waals surface area contributed by atoms with Crippen LogP contribution in [0.15, 0.2) is 0 Å². The van der Waals surface area contributed by atoms with E-state index in [1.54, 1.807) is 13.8 Å². The molecule has 0 aliphatic carbocycles. The van der Waals surface area contributed by atoms with Gasteiger partial charge in [0.1, 0.15) is 10.6 Å². The zero-order valence-corrected chi connectivity index (χ0v) is 10.5. The van der Waals surface area contributed by atoms with Crippen LogP contribution < -0.4 is 0 Å². The molecule has 0 aromatic carbocycles. The number of aromatic nitrogens is 3. The van der Waals surface area contributed by atoms with Gasteiger partial charge in [-0.1, -0.05) is 13.8 Å². The number of H-pyrrole nitrogens is 1. The maximum absolute atomic E-state index is 11.5. The molecule has 1 rings (SSSR count). The third-order valence-electron chi connectivity index (χ3n) is 2.52. The van der Waals surface area contributed by atoms with Crippen molar-refractivity contribution in [1.29, 1.82) is 0 Å². The van der Waals surface area contributed by atoms with Crippen molar-refractivity contribution in [2.24, 2.45) is 0 Å². The summed E-state index contributed by atoms with van der Waals surface area (Å²) in [5.41, 5.74) is 0. The normalized spacial score (nSPS) is 13.5. The number of hydrogen-bond donors (Lipinski definition) is 1.